The molecule has 11 heteroatoms. The van der Waals surface area contributed by atoms with Crippen molar-refractivity contribution in [2.45, 2.75) is 18.7 Å². The number of hydrogen-bond acceptors (Lipinski definition) is 8. The van der Waals surface area contributed by atoms with E-state index in [0.717, 1.165) is 11.1 Å². The van der Waals surface area contributed by atoms with Gasteiger partial charge in [-0.1, -0.05) is 65.3 Å². The molecular weight excluding hydrogens is 520 g/mol. The zero-order chi connectivity index (χ0) is 25.7. The van der Waals surface area contributed by atoms with Crippen LogP contribution < -0.4 is 10.1 Å². The standard InChI is InChI=1S/C25H23ClN4O4S2/c1-15-8-10-16(11-9-15)17-13-35-23(22(17)24(32)33-3)27-21(31)14-36-25-29-28-20(30(25)2)12-34-19-7-5-4-6-18(19)26/h4-11,13H,12,14H2,1-3H3,(H,27,31). The first-order valence-electron chi connectivity index (χ1n) is 10.8. The Morgan fingerprint density at radius 2 is 1.89 bits per heavy atom. The second-order valence-electron chi connectivity index (χ2n) is 7.72. The molecule has 1 amide bonds. The van der Waals surface area contributed by atoms with Crippen molar-refractivity contribution in [3.8, 4) is 16.9 Å². The number of nitrogens with one attached hydrogen (secondary N) is 1. The van der Waals surface area contributed by atoms with Gasteiger partial charge >= 0.3 is 5.97 Å². The number of amides is 1. The maximum atomic E-state index is 12.7. The highest BCUT2D eigenvalue weighted by molar-refractivity contribution is 7.99. The molecule has 0 aliphatic carbocycles. The highest BCUT2D eigenvalue weighted by Crippen LogP contribution is 2.36. The molecule has 4 rings (SSSR count). The van der Waals surface area contributed by atoms with E-state index in [9.17, 15) is 9.59 Å². The van der Waals surface area contributed by atoms with Gasteiger partial charge in [0, 0.05) is 18.0 Å². The number of carbonyl (C=O) groups excluding carboxylic acids is 2. The first-order valence-corrected chi connectivity index (χ1v) is 13.1. The van der Waals surface area contributed by atoms with Crippen molar-refractivity contribution in [3.05, 3.63) is 75.9 Å². The second-order valence-corrected chi connectivity index (χ2v) is 9.95. The average molecular weight is 543 g/mol. The average Bonchev–Trinajstić information content (AvgIpc) is 3.45. The summed E-state index contributed by atoms with van der Waals surface area (Å²) >= 11 is 8.63. The van der Waals surface area contributed by atoms with Gasteiger partial charge in [-0.05, 0) is 24.6 Å². The summed E-state index contributed by atoms with van der Waals surface area (Å²) in [6.07, 6.45) is 0. The number of halogens is 1. The number of aromatic nitrogens is 3. The predicted octanol–water partition coefficient (Wildman–Crippen LogP) is 5.60. The van der Waals surface area contributed by atoms with Crippen LogP contribution >= 0.6 is 34.7 Å². The number of aryl methyl sites for hydroxylation is 1. The Hall–Kier alpha value is -3.34. The van der Waals surface area contributed by atoms with Crippen LogP contribution in [0.25, 0.3) is 11.1 Å². The van der Waals surface area contributed by atoms with Crippen LogP contribution in [0.2, 0.25) is 5.02 Å². The zero-order valence-electron chi connectivity index (χ0n) is 19.8. The fraction of sp³-hybridized carbons (Fsp3) is 0.200. The second kappa shape index (κ2) is 11.6. The minimum Gasteiger partial charge on any atom is -0.484 e. The third kappa shape index (κ3) is 5.89. The summed E-state index contributed by atoms with van der Waals surface area (Å²) in [5.41, 5.74) is 3.04. The lowest BCUT2D eigenvalue weighted by molar-refractivity contribution is -0.113. The van der Waals surface area contributed by atoms with Crippen LogP contribution in [0.15, 0.2) is 59.1 Å². The SMILES string of the molecule is COC(=O)c1c(-c2ccc(C)cc2)csc1NC(=O)CSc1nnc(COc2ccccc2Cl)n1C. The maximum Gasteiger partial charge on any atom is 0.341 e. The van der Waals surface area contributed by atoms with Crippen LogP contribution in [0.5, 0.6) is 5.75 Å². The van der Waals surface area contributed by atoms with Gasteiger partial charge in [0.15, 0.2) is 11.0 Å². The summed E-state index contributed by atoms with van der Waals surface area (Å²) in [7, 11) is 3.12. The Kier molecular flexibility index (Phi) is 8.29. The molecule has 0 bridgehead atoms. The Morgan fingerprint density at radius 3 is 2.61 bits per heavy atom. The number of ether oxygens (including phenoxy) is 2. The van der Waals surface area contributed by atoms with Gasteiger partial charge in [0.25, 0.3) is 0 Å². The monoisotopic (exact) mass is 542 g/mol. The molecule has 0 aliphatic heterocycles. The Balaban J connectivity index is 1.40. The van der Waals surface area contributed by atoms with Gasteiger partial charge in [-0.15, -0.1) is 21.5 Å². The van der Waals surface area contributed by atoms with Gasteiger partial charge in [0.1, 0.15) is 22.9 Å². The molecule has 0 aliphatic rings. The number of anilines is 1. The van der Waals surface area contributed by atoms with E-state index < -0.39 is 5.97 Å². The number of thiophene rings is 1. The molecule has 4 aromatic rings. The van der Waals surface area contributed by atoms with Crippen LogP contribution in [0.3, 0.4) is 0 Å². The third-order valence-electron chi connectivity index (χ3n) is 5.25. The molecule has 0 saturated heterocycles. The Bertz CT molecular complexity index is 1390. The molecule has 186 valence electrons. The van der Waals surface area contributed by atoms with E-state index in [0.29, 0.717) is 37.9 Å². The van der Waals surface area contributed by atoms with E-state index in [1.165, 1.54) is 30.2 Å². The van der Waals surface area contributed by atoms with Crippen molar-refractivity contribution < 1.29 is 19.1 Å². The lowest BCUT2D eigenvalue weighted by Gasteiger charge is -2.09. The largest absolute Gasteiger partial charge is 0.484 e. The van der Waals surface area contributed by atoms with E-state index in [4.69, 9.17) is 21.1 Å². The minimum absolute atomic E-state index is 0.0791. The van der Waals surface area contributed by atoms with E-state index in [-0.39, 0.29) is 18.3 Å². The number of para-hydroxylation sites is 1. The molecule has 0 fully saturated rings. The lowest BCUT2D eigenvalue weighted by Crippen LogP contribution is -2.16. The normalized spacial score (nSPS) is 10.8. The molecule has 2 heterocycles. The smallest absolute Gasteiger partial charge is 0.341 e. The van der Waals surface area contributed by atoms with Crippen molar-refractivity contribution in [1.82, 2.24) is 14.8 Å². The van der Waals surface area contributed by atoms with Gasteiger partial charge in [-0.3, -0.25) is 4.79 Å². The predicted molar refractivity (Wildman–Crippen MR) is 142 cm³/mol. The Morgan fingerprint density at radius 1 is 1.14 bits per heavy atom. The molecule has 1 N–H and O–H groups in total. The molecule has 0 spiro atoms. The van der Waals surface area contributed by atoms with Gasteiger partial charge in [0.2, 0.25) is 5.91 Å². The van der Waals surface area contributed by atoms with E-state index in [2.05, 4.69) is 15.5 Å². The van der Waals surface area contributed by atoms with E-state index in [1.807, 2.05) is 48.7 Å². The number of nitrogens with zero attached hydrogens (tertiary/aromatic N) is 3. The molecule has 2 aromatic carbocycles. The van der Waals surface area contributed by atoms with Crippen molar-refractivity contribution in [1.29, 1.82) is 0 Å². The fourth-order valence-corrected chi connectivity index (χ4v) is 5.19. The number of esters is 1. The van der Waals surface area contributed by atoms with Gasteiger partial charge in [0.05, 0.1) is 17.9 Å². The van der Waals surface area contributed by atoms with Crippen LogP contribution in [-0.2, 0) is 23.2 Å². The maximum absolute atomic E-state index is 12.7. The van der Waals surface area contributed by atoms with Crippen molar-refractivity contribution in [2.75, 3.05) is 18.2 Å². The number of thioether (sulfide) groups is 1. The van der Waals surface area contributed by atoms with Crippen LogP contribution in [0, 0.1) is 6.92 Å². The molecule has 36 heavy (non-hydrogen) atoms. The highest BCUT2D eigenvalue weighted by atomic mass is 35.5. The number of carbonyl (C=O) groups is 2. The van der Waals surface area contributed by atoms with Gasteiger partial charge < -0.3 is 19.4 Å². The van der Waals surface area contributed by atoms with Crippen LogP contribution in [0.4, 0.5) is 5.00 Å². The molecule has 0 saturated carbocycles. The lowest BCUT2D eigenvalue weighted by atomic mass is 10.0. The molecule has 8 nitrogen and oxygen atoms in total. The van der Waals surface area contributed by atoms with E-state index in [1.54, 1.807) is 23.7 Å². The zero-order valence-corrected chi connectivity index (χ0v) is 22.2. The van der Waals surface area contributed by atoms with Crippen LogP contribution in [0.1, 0.15) is 21.7 Å². The minimum atomic E-state index is -0.508. The number of benzene rings is 2. The summed E-state index contributed by atoms with van der Waals surface area (Å²) in [6.45, 7) is 2.17. The summed E-state index contributed by atoms with van der Waals surface area (Å²) in [5.74, 6) is 0.436. The first kappa shape index (κ1) is 25.7. The highest BCUT2D eigenvalue weighted by Gasteiger charge is 2.22. The van der Waals surface area contributed by atoms with Gasteiger partial charge in [-0.25, -0.2) is 4.79 Å². The molecular formula is C25H23ClN4O4S2. The third-order valence-corrected chi connectivity index (χ3v) is 7.47. The summed E-state index contributed by atoms with van der Waals surface area (Å²) < 4.78 is 12.5. The molecule has 0 unspecified atom stereocenters. The van der Waals surface area contributed by atoms with Crippen molar-refractivity contribution in [3.63, 3.8) is 0 Å². The topological polar surface area (TPSA) is 95.3 Å². The number of methoxy groups -OCH3 is 1. The summed E-state index contributed by atoms with van der Waals surface area (Å²) in [6, 6.07) is 15.0. The van der Waals surface area contributed by atoms with Crippen molar-refractivity contribution in [2.24, 2.45) is 7.05 Å². The number of rotatable bonds is 9. The molecule has 2 aromatic heterocycles. The summed E-state index contributed by atoms with van der Waals surface area (Å²) in [5, 5.41) is 14.5. The first-order chi connectivity index (χ1) is 17.4. The Labute approximate surface area is 221 Å². The molecule has 0 atom stereocenters. The van der Waals surface area contributed by atoms with Crippen molar-refractivity contribution >= 4 is 51.6 Å². The van der Waals surface area contributed by atoms with Gasteiger partial charge in [-0.2, -0.15) is 0 Å². The molecule has 0 radical (unpaired) electrons. The summed E-state index contributed by atoms with van der Waals surface area (Å²) in [4.78, 5) is 25.3. The number of hydrogen-bond donors (Lipinski definition) is 1. The van der Waals surface area contributed by atoms with Crippen LogP contribution in [-0.4, -0.2) is 39.5 Å². The fourth-order valence-electron chi connectivity index (χ4n) is 3.29. The van der Waals surface area contributed by atoms with E-state index >= 15 is 0 Å². The quantitative estimate of drug-likeness (QED) is 0.217.